The van der Waals surface area contributed by atoms with E-state index in [0.29, 0.717) is 18.9 Å². The van der Waals surface area contributed by atoms with Gasteiger partial charge in [0.2, 0.25) is 5.91 Å². The van der Waals surface area contributed by atoms with Gasteiger partial charge >= 0.3 is 0 Å². The number of amides is 1. The molecule has 0 spiro atoms. The van der Waals surface area contributed by atoms with Gasteiger partial charge in [-0.05, 0) is 24.6 Å². The van der Waals surface area contributed by atoms with E-state index >= 15 is 0 Å². The van der Waals surface area contributed by atoms with Crippen LogP contribution in [0.5, 0.6) is 5.75 Å². The predicted octanol–water partition coefficient (Wildman–Crippen LogP) is 0.290. The predicted molar refractivity (Wildman–Crippen MR) is 86.8 cm³/mol. The van der Waals surface area contributed by atoms with Crippen molar-refractivity contribution < 1.29 is 14.6 Å². The molecule has 0 radical (unpaired) electrons. The zero-order chi connectivity index (χ0) is 16.8. The van der Waals surface area contributed by atoms with E-state index in [1.165, 1.54) is 6.92 Å². The van der Waals surface area contributed by atoms with Gasteiger partial charge in [-0.2, -0.15) is 5.10 Å². The van der Waals surface area contributed by atoms with Crippen molar-refractivity contribution in [3.8, 4) is 16.9 Å². The molecule has 0 aliphatic carbocycles. The molecule has 1 heterocycles. The monoisotopic (exact) mass is 318 g/mol. The highest BCUT2D eigenvalue weighted by molar-refractivity contribution is 5.82. The lowest BCUT2D eigenvalue weighted by Crippen LogP contribution is -2.48. The van der Waals surface area contributed by atoms with Gasteiger partial charge in [0.25, 0.3) is 0 Å². The second-order valence-electron chi connectivity index (χ2n) is 5.34. The molecule has 1 amide bonds. The number of benzene rings is 1. The van der Waals surface area contributed by atoms with E-state index in [4.69, 9.17) is 10.5 Å². The molecular weight excluding hydrogens is 296 g/mol. The summed E-state index contributed by atoms with van der Waals surface area (Å²) in [6, 6.07) is 6.72. The molecule has 0 unspecified atom stereocenters. The Morgan fingerprint density at radius 1 is 1.48 bits per heavy atom. The Balaban J connectivity index is 1.84. The molecule has 1 aromatic carbocycles. The fraction of sp³-hybridized carbons (Fsp3) is 0.375. The lowest BCUT2D eigenvalue weighted by atomic mass is 10.1. The zero-order valence-corrected chi connectivity index (χ0v) is 13.3. The van der Waals surface area contributed by atoms with Gasteiger partial charge in [-0.25, -0.2) is 0 Å². The van der Waals surface area contributed by atoms with Gasteiger partial charge in [0, 0.05) is 18.8 Å². The van der Waals surface area contributed by atoms with Crippen LogP contribution in [-0.4, -0.2) is 46.1 Å². The second-order valence-corrected chi connectivity index (χ2v) is 5.34. The number of aliphatic hydroxyl groups is 1. The molecule has 0 saturated carbocycles. The molecule has 4 N–H and O–H groups in total. The van der Waals surface area contributed by atoms with Crippen LogP contribution in [0.1, 0.15) is 6.92 Å². The molecule has 0 aliphatic heterocycles. The summed E-state index contributed by atoms with van der Waals surface area (Å²) in [6.07, 6.45) is 2.83. The molecule has 0 fully saturated rings. The third-order valence-corrected chi connectivity index (χ3v) is 3.36. The Morgan fingerprint density at radius 2 is 2.26 bits per heavy atom. The molecule has 7 heteroatoms. The largest absolute Gasteiger partial charge is 0.492 e. The van der Waals surface area contributed by atoms with E-state index in [2.05, 4.69) is 10.4 Å². The highest BCUT2D eigenvalue weighted by Gasteiger charge is 2.17. The van der Waals surface area contributed by atoms with E-state index in [1.54, 1.807) is 10.9 Å². The fourth-order valence-electron chi connectivity index (χ4n) is 2.02. The van der Waals surface area contributed by atoms with Crippen LogP contribution in [0.2, 0.25) is 0 Å². The maximum absolute atomic E-state index is 11.6. The average Bonchev–Trinajstić information content (AvgIpc) is 2.97. The highest BCUT2D eigenvalue weighted by Crippen LogP contribution is 2.23. The van der Waals surface area contributed by atoms with E-state index in [9.17, 15) is 9.90 Å². The first kappa shape index (κ1) is 17.0. The van der Waals surface area contributed by atoms with Gasteiger partial charge in [0.05, 0.1) is 18.8 Å². The molecule has 7 nitrogen and oxygen atoms in total. The van der Waals surface area contributed by atoms with Crippen LogP contribution >= 0.6 is 0 Å². The van der Waals surface area contributed by atoms with Crippen molar-refractivity contribution in [2.75, 3.05) is 13.2 Å². The Hall–Kier alpha value is -2.38. The van der Waals surface area contributed by atoms with Gasteiger partial charge in [0.15, 0.2) is 0 Å². The normalized spacial score (nSPS) is 13.4. The van der Waals surface area contributed by atoms with Crippen molar-refractivity contribution in [1.82, 2.24) is 15.1 Å². The molecule has 2 aromatic rings. The van der Waals surface area contributed by atoms with Crippen LogP contribution in [-0.2, 0) is 11.8 Å². The van der Waals surface area contributed by atoms with Crippen LogP contribution in [0.15, 0.2) is 36.7 Å². The van der Waals surface area contributed by atoms with Crippen LogP contribution in [0.25, 0.3) is 11.1 Å². The lowest BCUT2D eigenvalue weighted by Gasteiger charge is -2.14. The number of ether oxygens (including phenoxy) is 1. The fourth-order valence-corrected chi connectivity index (χ4v) is 2.02. The SMILES string of the molecule is C[C@@H](O)[C@H](N)C(=O)NCCOc1cccc(-c2cnn(C)c2)c1. The number of hydrogen-bond donors (Lipinski definition) is 3. The van der Waals surface area contributed by atoms with Gasteiger partial charge in [-0.15, -0.1) is 0 Å². The van der Waals surface area contributed by atoms with Gasteiger partial charge < -0.3 is 20.9 Å². The molecule has 2 atom stereocenters. The van der Waals surface area contributed by atoms with E-state index in [-0.39, 0.29) is 0 Å². The highest BCUT2D eigenvalue weighted by atomic mass is 16.5. The minimum atomic E-state index is -0.927. The van der Waals surface area contributed by atoms with Crippen molar-refractivity contribution in [2.24, 2.45) is 12.8 Å². The number of carbonyl (C=O) groups is 1. The van der Waals surface area contributed by atoms with Crippen molar-refractivity contribution in [3.05, 3.63) is 36.7 Å². The Kier molecular flexibility index (Phi) is 5.72. The summed E-state index contributed by atoms with van der Waals surface area (Å²) in [5, 5.41) is 16.0. The number of carbonyl (C=O) groups excluding carboxylic acids is 1. The molecule has 2 rings (SSSR count). The minimum absolute atomic E-state index is 0.314. The number of aryl methyl sites for hydroxylation is 1. The third-order valence-electron chi connectivity index (χ3n) is 3.36. The smallest absolute Gasteiger partial charge is 0.239 e. The van der Waals surface area contributed by atoms with Crippen LogP contribution < -0.4 is 15.8 Å². The van der Waals surface area contributed by atoms with Gasteiger partial charge in [-0.1, -0.05) is 12.1 Å². The summed E-state index contributed by atoms with van der Waals surface area (Å²) >= 11 is 0. The quantitative estimate of drug-likeness (QED) is 0.637. The number of nitrogens with one attached hydrogen (secondary N) is 1. The number of nitrogens with zero attached hydrogens (tertiary/aromatic N) is 2. The van der Waals surface area contributed by atoms with Crippen LogP contribution in [0.3, 0.4) is 0 Å². The summed E-state index contributed by atoms with van der Waals surface area (Å²) < 4.78 is 7.36. The number of aliphatic hydroxyl groups excluding tert-OH is 1. The first-order valence-electron chi connectivity index (χ1n) is 7.40. The zero-order valence-electron chi connectivity index (χ0n) is 13.3. The molecule has 0 saturated heterocycles. The van der Waals surface area contributed by atoms with Crippen molar-refractivity contribution >= 4 is 5.91 Å². The van der Waals surface area contributed by atoms with Crippen molar-refractivity contribution in [3.63, 3.8) is 0 Å². The Bertz CT molecular complexity index is 654. The minimum Gasteiger partial charge on any atom is -0.492 e. The molecule has 23 heavy (non-hydrogen) atoms. The first-order chi connectivity index (χ1) is 11.0. The molecule has 0 aliphatic rings. The van der Waals surface area contributed by atoms with E-state index in [0.717, 1.165) is 11.1 Å². The summed E-state index contributed by atoms with van der Waals surface area (Å²) in [6.45, 7) is 2.11. The average molecular weight is 318 g/mol. The Labute approximate surface area is 135 Å². The van der Waals surface area contributed by atoms with E-state index in [1.807, 2.05) is 37.5 Å². The maximum Gasteiger partial charge on any atom is 0.239 e. The molecular formula is C16H22N4O3. The van der Waals surface area contributed by atoms with E-state index < -0.39 is 18.1 Å². The summed E-state index contributed by atoms with van der Waals surface area (Å²) in [4.78, 5) is 11.6. The Morgan fingerprint density at radius 3 is 2.91 bits per heavy atom. The summed E-state index contributed by atoms with van der Waals surface area (Å²) in [5.74, 6) is 0.313. The molecule has 1 aromatic heterocycles. The first-order valence-corrected chi connectivity index (χ1v) is 7.40. The van der Waals surface area contributed by atoms with Crippen LogP contribution in [0.4, 0.5) is 0 Å². The van der Waals surface area contributed by atoms with Gasteiger partial charge in [-0.3, -0.25) is 9.48 Å². The van der Waals surface area contributed by atoms with Crippen LogP contribution in [0, 0.1) is 0 Å². The summed E-state index contributed by atoms with van der Waals surface area (Å²) in [5.41, 5.74) is 7.55. The lowest BCUT2D eigenvalue weighted by molar-refractivity contribution is -0.124. The van der Waals surface area contributed by atoms with Gasteiger partial charge in [0.1, 0.15) is 18.4 Å². The third kappa shape index (κ3) is 4.80. The standard InChI is InChI=1S/C16H22N4O3/c1-11(21)15(17)16(22)18-6-7-23-14-5-3-4-12(8-14)13-9-19-20(2)10-13/h3-5,8-11,15,21H,6-7,17H2,1-2H3,(H,18,22)/t11-,15+/m1/s1. The number of nitrogens with two attached hydrogens (primary N) is 1. The maximum atomic E-state index is 11.6. The summed E-state index contributed by atoms with van der Waals surface area (Å²) in [7, 11) is 1.87. The van der Waals surface area contributed by atoms with Crippen molar-refractivity contribution in [1.29, 1.82) is 0 Å². The second kappa shape index (κ2) is 7.75. The molecule has 0 bridgehead atoms. The number of rotatable bonds is 7. The topological polar surface area (TPSA) is 102 Å². The number of hydrogen-bond acceptors (Lipinski definition) is 5. The van der Waals surface area contributed by atoms with Crippen molar-refractivity contribution in [2.45, 2.75) is 19.1 Å². The number of aromatic nitrogens is 2. The molecule has 124 valence electrons.